The highest BCUT2D eigenvalue weighted by Gasteiger charge is 2.08. The molecule has 0 N–H and O–H groups in total. The fourth-order valence-corrected chi connectivity index (χ4v) is 1.88. The first-order valence-electron chi connectivity index (χ1n) is 7.08. The topological polar surface area (TPSA) is 35.5 Å². The Hall–Kier alpha value is -2.29. The fourth-order valence-electron chi connectivity index (χ4n) is 1.88. The van der Waals surface area contributed by atoms with Crippen molar-refractivity contribution in [3.05, 3.63) is 59.2 Å². The van der Waals surface area contributed by atoms with E-state index >= 15 is 0 Å². The second-order valence-corrected chi connectivity index (χ2v) is 4.97. The number of aryl methyl sites for hydroxylation is 2. The molecule has 0 aliphatic rings. The van der Waals surface area contributed by atoms with E-state index in [1.165, 1.54) is 11.1 Å². The molecule has 0 unspecified atom stereocenters. The number of carbonyl (C=O) groups is 1. The van der Waals surface area contributed by atoms with E-state index in [0.717, 1.165) is 11.3 Å². The summed E-state index contributed by atoms with van der Waals surface area (Å²) >= 11 is 0. The van der Waals surface area contributed by atoms with E-state index < -0.39 is 0 Å². The molecule has 110 valence electrons. The molecule has 3 nitrogen and oxygen atoms in total. The second kappa shape index (κ2) is 6.93. The third kappa shape index (κ3) is 4.09. The molecule has 0 radical (unpaired) electrons. The smallest absolute Gasteiger partial charge is 0.310 e. The molecule has 2 aromatic rings. The van der Waals surface area contributed by atoms with Crippen molar-refractivity contribution in [2.24, 2.45) is 0 Å². The van der Waals surface area contributed by atoms with E-state index in [9.17, 15) is 4.79 Å². The zero-order valence-electron chi connectivity index (χ0n) is 12.7. The van der Waals surface area contributed by atoms with Gasteiger partial charge >= 0.3 is 5.97 Å². The summed E-state index contributed by atoms with van der Waals surface area (Å²) in [5.41, 5.74) is 3.29. The minimum Gasteiger partial charge on any atom is -0.489 e. The van der Waals surface area contributed by atoms with E-state index in [1.807, 2.05) is 36.4 Å². The van der Waals surface area contributed by atoms with E-state index in [1.54, 1.807) is 13.0 Å². The van der Waals surface area contributed by atoms with Gasteiger partial charge in [0.2, 0.25) is 0 Å². The Labute approximate surface area is 125 Å². The molecule has 0 fully saturated rings. The molecule has 0 spiro atoms. The molecule has 0 atom stereocenters. The lowest BCUT2D eigenvalue weighted by Crippen LogP contribution is -2.08. The van der Waals surface area contributed by atoms with E-state index in [-0.39, 0.29) is 5.97 Å². The van der Waals surface area contributed by atoms with Gasteiger partial charge in [-0.2, -0.15) is 0 Å². The Morgan fingerprint density at radius 3 is 2.52 bits per heavy atom. The molecule has 0 saturated carbocycles. The molecule has 0 aliphatic heterocycles. The Kier molecular flexibility index (Phi) is 4.99. The first kappa shape index (κ1) is 15.1. The lowest BCUT2D eigenvalue weighted by molar-refractivity contribution is -0.134. The minimum absolute atomic E-state index is 0.242. The van der Waals surface area contributed by atoms with Crippen LogP contribution in [0.2, 0.25) is 0 Å². The number of carbonyl (C=O) groups excluding carboxylic acids is 1. The van der Waals surface area contributed by atoms with E-state index in [4.69, 9.17) is 9.47 Å². The van der Waals surface area contributed by atoms with Gasteiger partial charge in [-0.1, -0.05) is 31.2 Å². The number of para-hydroxylation sites is 1. The van der Waals surface area contributed by atoms with Gasteiger partial charge in [-0.25, -0.2) is 0 Å². The van der Waals surface area contributed by atoms with Gasteiger partial charge in [0.05, 0.1) is 0 Å². The highest BCUT2D eigenvalue weighted by atomic mass is 16.5. The van der Waals surface area contributed by atoms with Crippen LogP contribution in [0.3, 0.4) is 0 Å². The van der Waals surface area contributed by atoms with Crippen LogP contribution in [0.25, 0.3) is 0 Å². The van der Waals surface area contributed by atoms with Crippen LogP contribution in [0.15, 0.2) is 42.5 Å². The zero-order valence-corrected chi connectivity index (χ0v) is 12.7. The second-order valence-electron chi connectivity index (χ2n) is 4.97. The van der Waals surface area contributed by atoms with Crippen LogP contribution in [0.4, 0.5) is 0 Å². The first-order valence-corrected chi connectivity index (χ1v) is 7.08. The summed E-state index contributed by atoms with van der Waals surface area (Å²) in [5, 5.41) is 0. The number of hydrogen-bond donors (Lipinski definition) is 0. The summed E-state index contributed by atoms with van der Waals surface area (Å²) in [5.74, 6) is 1.14. The van der Waals surface area contributed by atoms with E-state index in [2.05, 4.69) is 13.8 Å². The van der Waals surface area contributed by atoms with Gasteiger partial charge in [-0.3, -0.25) is 4.79 Å². The summed E-state index contributed by atoms with van der Waals surface area (Å²) in [7, 11) is 0. The molecule has 2 aromatic carbocycles. The van der Waals surface area contributed by atoms with Crippen molar-refractivity contribution < 1.29 is 14.3 Å². The molecular formula is C18H20O3. The molecule has 3 heteroatoms. The average Bonchev–Trinajstić information content (AvgIpc) is 2.49. The highest BCUT2D eigenvalue weighted by Crippen LogP contribution is 2.22. The van der Waals surface area contributed by atoms with Crippen molar-refractivity contribution in [2.45, 2.75) is 33.8 Å². The number of rotatable bonds is 5. The van der Waals surface area contributed by atoms with Crippen molar-refractivity contribution in [1.82, 2.24) is 0 Å². The number of benzene rings is 2. The Morgan fingerprint density at radius 1 is 1.05 bits per heavy atom. The zero-order chi connectivity index (χ0) is 15.2. The number of ether oxygens (including phenoxy) is 2. The number of hydrogen-bond acceptors (Lipinski definition) is 3. The van der Waals surface area contributed by atoms with Crippen molar-refractivity contribution >= 4 is 5.97 Å². The van der Waals surface area contributed by atoms with Gasteiger partial charge < -0.3 is 9.47 Å². The summed E-state index contributed by atoms with van der Waals surface area (Å²) in [6.07, 6.45) is 0.354. The lowest BCUT2D eigenvalue weighted by atomic mass is 10.1. The predicted molar refractivity (Wildman–Crippen MR) is 82.6 cm³/mol. The summed E-state index contributed by atoms with van der Waals surface area (Å²) in [4.78, 5) is 11.4. The molecule has 0 aliphatic carbocycles. The number of esters is 1. The predicted octanol–water partition coefficient (Wildman–Crippen LogP) is 4.20. The van der Waals surface area contributed by atoms with Gasteiger partial charge in [0.15, 0.2) is 0 Å². The van der Waals surface area contributed by atoms with Gasteiger partial charge in [0.1, 0.15) is 18.1 Å². The van der Waals surface area contributed by atoms with Crippen LogP contribution in [0.5, 0.6) is 11.5 Å². The molecule has 21 heavy (non-hydrogen) atoms. The van der Waals surface area contributed by atoms with Crippen LogP contribution in [-0.4, -0.2) is 5.97 Å². The van der Waals surface area contributed by atoms with Crippen molar-refractivity contribution in [3.63, 3.8) is 0 Å². The molecule has 0 saturated heterocycles. The normalized spacial score (nSPS) is 10.2. The summed E-state index contributed by atoms with van der Waals surface area (Å²) in [6, 6.07) is 13.4. The molecule has 0 bridgehead atoms. The maximum atomic E-state index is 11.4. The third-order valence-corrected chi connectivity index (χ3v) is 3.36. The van der Waals surface area contributed by atoms with Gasteiger partial charge in [0, 0.05) is 12.0 Å². The standard InChI is InChI=1S/C18H20O3/c1-4-18(19)21-17-8-6-5-7-15(17)12-20-16-10-9-13(2)14(3)11-16/h5-11H,4,12H2,1-3H3. The quantitative estimate of drug-likeness (QED) is 0.610. The van der Waals surface area contributed by atoms with Crippen molar-refractivity contribution in [1.29, 1.82) is 0 Å². The van der Waals surface area contributed by atoms with E-state index in [0.29, 0.717) is 18.8 Å². The van der Waals surface area contributed by atoms with Gasteiger partial charge in [-0.05, 0) is 43.2 Å². The Morgan fingerprint density at radius 2 is 1.81 bits per heavy atom. The average molecular weight is 284 g/mol. The molecule has 0 amide bonds. The maximum absolute atomic E-state index is 11.4. The Bertz CT molecular complexity index is 632. The molecule has 2 rings (SSSR count). The molecule has 0 aromatic heterocycles. The molecule has 0 heterocycles. The summed E-state index contributed by atoms with van der Waals surface area (Å²) < 4.78 is 11.1. The molecular weight excluding hydrogens is 264 g/mol. The Balaban J connectivity index is 2.09. The van der Waals surface area contributed by atoms with Gasteiger partial charge in [-0.15, -0.1) is 0 Å². The minimum atomic E-state index is -0.242. The van der Waals surface area contributed by atoms with Crippen LogP contribution in [0, 0.1) is 13.8 Å². The van der Waals surface area contributed by atoms with Crippen molar-refractivity contribution in [2.75, 3.05) is 0 Å². The van der Waals surface area contributed by atoms with Crippen molar-refractivity contribution in [3.8, 4) is 11.5 Å². The SMILES string of the molecule is CCC(=O)Oc1ccccc1COc1ccc(C)c(C)c1. The third-order valence-electron chi connectivity index (χ3n) is 3.36. The summed E-state index contributed by atoms with van der Waals surface area (Å²) in [6.45, 7) is 6.27. The highest BCUT2D eigenvalue weighted by molar-refractivity contribution is 5.72. The van der Waals surface area contributed by atoms with Gasteiger partial charge in [0.25, 0.3) is 0 Å². The maximum Gasteiger partial charge on any atom is 0.310 e. The monoisotopic (exact) mass is 284 g/mol. The largest absolute Gasteiger partial charge is 0.489 e. The van der Waals surface area contributed by atoms with Crippen LogP contribution in [0.1, 0.15) is 30.0 Å². The lowest BCUT2D eigenvalue weighted by Gasteiger charge is -2.12. The fraction of sp³-hybridized carbons (Fsp3) is 0.278. The van der Waals surface area contributed by atoms with Crippen LogP contribution < -0.4 is 9.47 Å². The van der Waals surface area contributed by atoms with Crippen LogP contribution >= 0.6 is 0 Å². The first-order chi connectivity index (χ1) is 10.1. The van der Waals surface area contributed by atoms with Crippen LogP contribution in [-0.2, 0) is 11.4 Å².